The zero-order chi connectivity index (χ0) is 13.0. The Kier molecular flexibility index (Phi) is 4.33. The van der Waals surface area contributed by atoms with Crippen LogP contribution in [0.4, 0.5) is 11.8 Å². The predicted octanol–water partition coefficient (Wildman–Crippen LogP) is -0.377. The molecule has 1 saturated heterocycles. The van der Waals surface area contributed by atoms with Crippen LogP contribution < -0.4 is 15.5 Å². The summed E-state index contributed by atoms with van der Waals surface area (Å²) in [4.78, 5) is 15.4. The summed E-state index contributed by atoms with van der Waals surface area (Å²) in [5.41, 5.74) is 5.58. The second-order valence-electron chi connectivity index (χ2n) is 4.73. The molecule has 6 heteroatoms. The van der Waals surface area contributed by atoms with Gasteiger partial charge in [-0.2, -0.15) is 4.98 Å². The molecule has 0 bridgehead atoms. The van der Waals surface area contributed by atoms with E-state index in [9.17, 15) is 0 Å². The average Bonchev–Trinajstić information content (AvgIpc) is 2.40. The van der Waals surface area contributed by atoms with Crippen LogP contribution in [-0.2, 0) is 0 Å². The molecule has 1 fully saturated rings. The van der Waals surface area contributed by atoms with E-state index in [2.05, 4.69) is 19.8 Å². The van der Waals surface area contributed by atoms with Gasteiger partial charge < -0.3 is 15.5 Å². The van der Waals surface area contributed by atoms with E-state index >= 15 is 0 Å². The summed E-state index contributed by atoms with van der Waals surface area (Å²) < 4.78 is 0. The van der Waals surface area contributed by atoms with Crippen molar-refractivity contribution in [2.24, 2.45) is 5.73 Å². The molecule has 2 N–H and O–H groups in total. The van der Waals surface area contributed by atoms with Crippen molar-refractivity contribution in [2.45, 2.75) is 0 Å². The number of nitrogens with two attached hydrogens (primary N) is 1. The number of rotatable bonds is 4. The van der Waals surface area contributed by atoms with Crippen molar-refractivity contribution in [2.75, 3.05) is 63.2 Å². The van der Waals surface area contributed by atoms with E-state index in [1.165, 1.54) is 0 Å². The lowest BCUT2D eigenvalue weighted by Crippen LogP contribution is -2.48. The van der Waals surface area contributed by atoms with E-state index in [1.807, 2.05) is 31.3 Å². The standard InChI is InChI=1S/C12H22N6/c1-16(2)12-14-5-3-11(15-12)18-9-7-17(6-4-13)8-10-18/h3,5H,4,6-10,13H2,1-2H3. The van der Waals surface area contributed by atoms with E-state index in [-0.39, 0.29) is 0 Å². The monoisotopic (exact) mass is 250 g/mol. The number of piperazine rings is 1. The van der Waals surface area contributed by atoms with Crippen molar-refractivity contribution in [3.63, 3.8) is 0 Å². The van der Waals surface area contributed by atoms with Crippen molar-refractivity contribution in [3.05, 3.63) is 12.3 Å². The lowest BCUT2D eigenvalue weighted by Gasteiger charge is -2.35. The predicted molar refractivity (Wildman–Crippen MR) is 74.1 cm³/mol. The summed E-state index contributed by atoms with van der Waals surface area (Å²) in [6, 6.07) is 1.98. The van der Waals surface area contributed by atoms with Gasteiger partial charge in [0.05, 0.1) is 0 Å². The molecule has 2 heterocycles. The fourth-order valence-electron chi connectivity index (χ4n) is 2.11. The van der Waals surface area contributed by atoms with Gasteiger partial charge in [-0.3, -0.25) is 4.90 Å². The van der Waals surface area contributed by atoms with E-state index in [1.54, 1.807) is 0 Å². The lowest BCUT2D eigenvalue weighted by molar-refractivity contribution is 0.264. The average molecular weight is 250 g/mol. The molecule has 0 radical (unpaired) electrons. The molecular weight excluding hydrogens is 228 g/mol. The summed E-state index contributed by atoms with van der Waals surface area (Å²) in [7, 11) is 3.91. The van der Waals surface area contributed by atoms with Crippen LogP contribution in [0, 0.1) is 0 Å². The van der Waals surface area contributed by atoms with Crippen molar-refractivity contribution >= 4 is 11.8 Å². The lowest BCUT2D eigenvalue weighted by atomic mass is 10.3. The third-order valence-electron chi connectivity index (χ3n) is 3.17. The second-order valence-corrected chi connectivity index (χ2v) is 4.73. The van der Waals surface area contributed by atoms with Crippen molar-refractivity contribution in [1.29, 1.82) is 0 Å². The van der Waals surface area contributed by atoms with Crippen LogP contribution in [-0.4, -0.2) is 68.2 Å². The van der Waals surface area contributed by atoms with Crippen LogP contribution >= 0.6 is 0 Å². The van der Waals surface area contributed by atoms with Gasteiger partial charge in [0.1, 0.15) is 5.82 Å². The van der Waals surface area contributed by atoms with Gasteiger partial charge in [0.2, 0.25) is 5.95 Å². The van der Waals surface area contributed by atoms with Gasteiger partial charge in [0.15, 0.2) is 0 Å². The van der Waals surface area contributed by atoms with E-state index < -0.39 is 0 Å². The largest absolute Gasteiger partial charge is 0.354 e. The molecule has 100 valence electrons. The van der Waals surface area contributed by atoms with Crippen LogP contribution in [0.15, 0.2) is 12.3 Å². The molecule has 1 aliphatic heterocycles. The Morgan fingerprint density at radius 3 is 2.61 bits per heavy atom. The Morgan fingerprint density at radius 1 is 1.28 bits per heavy atom. The van der Waals surface area contributed by atoms with Crippen LogP contribution in [0.2, 0.25) is 0 Å². The minimum atomic E-state index is 0.734. The van der Waals surface area contributed by atoms with Crippen LogP contribution in [0.1, 0.15) is 0 Å². The second kappa shape index (κ2) is 5.97. The molecule has 1 aromatic rings. The number of hydrogen-bond acceptors (Lipinski definition) is 6. The van der Waals surface area contributed by atoms with Gasteiger partial charge in [-0.25, -0.2) is 4.98 Å². The van der Waals surface area contributed by atoms with Gasteiger partial charge in [-0.05, 0) is 6.07 Å². The zero-order valence-corrected chi connectivity index (χ0v) is 11.2. The normalized spacial score (nSPS) is 16.9. The Labute approximate surface area is 108 Å². The fraction of sp³-hybridized carbons (Fsp3) is 0.667. The SMILES string of the molecule is CN(C)c1nccc(N2CCN(CCN)CC2)n1. The highest BCUT2D eigenvalue weighted by Gasteiger charge is 2.17. The van der Waals surface area contributed by atoms with Gasteiger partial charge in [0, 0.05) is 59.6 Å². The molecular formula is C12H22N6. The maximum absolute atomic E-state index is 5.58. The summed E-state index contributed by atoms with van der Waals surface area (Å²) in [6.45, 7) is 5.84. The first kappa shape index (κ1) is 13.0. The highest BCUT2D eigenvalue weighted by Crippen LogP contribution is 2.15. The van der Waals surface area contributed by atoms with Gasteiger partial charge in [-0.1, -0.05) is 0 Å². The number of hydrogen-bond donors (Lipinski definition) is 1. The zero-order valence-electron chi connectivity index (χ0n) is 11.2. The van der Waals surface area contributed by atoms with Gasteiger partial charge in [0.25, 0.3) is 0 Å². The maximum Gasteiger partial charge on any atom is 0.226 e. The summed E-state index contributed by atoms with van der Waals surface area (Å²) in [5, 5.41) is 0. The summed E-state index contributed by atoms with van der Waals surface area (Å²) >= 11 is 0. The van der Waals surface area contributed by atoms with E-state index in [0.29, 0.717) is 0 Å². The molecule has 0 unspecified atom stereocenters. The Hall–Kier alpha value is -1.40. The molecule has 18 heavy (non-hydrogen) atoms. The number of nitrogens with zero attached hydrogens (tertiary/aromatic N) is 5. The minimum Gasteiger partial charge on any atom is -0.354 e. The van der Waals surface area contributed by atoms with Crippen LogP contribution in [0.3, 0.4) is 0 Å². The molecule has 0 spiro atoms. The molecule has 6 nitrogen and oxygen atoms in total. The summed E-state index contributed by atoms with van der Waals surface area (Å²) in [6.07, 6.45) is 1.82. The maximum atomic E-state index is 5.58. The Bertz CT molecular complexity index is 373. The summed E-state index contributed by atoms with van der Waals surface area (Å²) in [5.74, 6) is 1.78. The highest BCUT2D eigenvalue weighted by molar-refractivity contribution is 5.43. The molecule has 1 aliphatic rings. The van der Waals surface area contributed by atoms with Gasteiger partial charge >= 0.3 is 0 Å². The molecule has 0 saturated carbocycles. The molecule has 0 aromatic carbocycles. The molecule has 2 rings (SSSR count). The smallest absolute Gasteiger partial charge is 0.226 e. The van der Waals surface area contributed by atoms with E-state index in [0.717, 1.165) is 51.0 Å². The third kappa shape index (κ3) is 3.08. The quantitative estimate of drug-likeness (QED) is 0.786. The van der Waals surface area contributed by atoms with Crippen LogP contribution in [0.5, 0.6) is 0 Å². The minimum absolute atomic E-state index is 0.734. The fourth-order valence-corrected chi connectivity index (χ4v) is 2.11. The molecule has 0 amide bonds. The van der Waals surface area contributed by atoms with Crippen molar-refractivity contribution in [3.8, 4) is 0 Å². The number of aromatic nitrogens is 2. The van der Waals surface area contributed by atoms with Crippen LogP contribution in [0.25, 0.3) is 0 Å². The highest BCUT2D eigenvalue weighted by atomic mass is 15.3. The Morgan fingerprint density at radius 2 is 2.00 bits per heavy atom. The van der Waals surface area contributed by atoms with Crippen molar-refractivity contribution in [1.82, 2.24) is 14.9 Å². The number of anilines is 2. The Balaban J connectivity index is 1.98. The van der Waals surface area contributed by atoms with E-state index in [4.69, 9.17) is 5.73 Å². The molecule has 1 aromatic heterocycles. The first-order valence-corrected chi connectivity index (χ1v) is 6.38. The molecule has 0 aliphatic carbocycles. The first-order chi connectivity index (χ1) is 8.70. The topological polar surface area (TPSA) is 61.5 Å². The third-order valence-corrected chi connectivity index (χ3v) is 3.17. The first-order valence-electron chi connectivity index (χ1n) is 6.38. The van der Waals surface area contributed by atoms with Gasteiger partial charge in [-0.15, -0.1) is 0 Å². The van der Waals surface area contributed by atoms with Crippen molar-refractivity contribution < 1.29 is 0 Å². The molecule has 0 atom stereocenters.